The van der Waals surface area contributed by atoms with Crippen LogP contribution >= 0.6 is 0 Å². The van der Waals surface area contributed by atoms with E-state index in [1.54, 1.807) is 0 Å². The molecule has 0 saturated carbocycles. The minimum Gasteiger partial charge on any atom is -0.504 e. The van der Waals surface area contributed by atoms with Crippen LogP contribution in [0.15, 0.2) is 11.1 Å². The average molecular weight is 207 g/mol. The lowest BCUT2D eigenvalue weighted by Gasteiger charge is -2.12. The van der Waals surface area contributed by atoms with E-state index < -0.39 is 0 Å². The van der Waals surface area contributed by atoms with E-state index in [0.29, 0.717) is 11.3 Å². The average Bonchev–Trinajstić information content (AvgIpc) is 2.17. The van der Waals surface area contributed by atoms with Gasteiger partial charge in [0, 0.05) is 5.56 Å². The van der Waals surface area contributed by atoms with E-state index in [0.717, 1.165) is 11.1 Å². The van der Waals surface area contributed by atoms with Crippen molar-refractivity contribution in [1.29, 1.82) is 0 Å². The van der Waals surface area contributed by atoms with Crippen LogP contribution in [-0.4, -0.2) is 18.3 Å². The minimum atomic E-state index is 0.0500. The first-order chi connectivity index (χ1) is 7.11. The third-order valence-corrected chi connectivity index (χ3v) is 2.27. The Kier molecular flexibility index (Phi) is 3.47. The van der Waals surface area contributed by atoms with Crippen molar-refractivity contribution in [1.82, 2.24) is 0 Å². The number of phenolic OH excluding ortho intramolecular Hbond substituents is 1. The number of carbonyl (C=O) groups excluding carboxylic acids is 1. The van der Waals surface area contributed by atoms with E-state index in [1.807, 2.05) is 19.9 Å². The molecule has 1 aromatic rings. The molecule has 0 aliphatic heterocycles. The van der Waals surface area contributed by atoms with Crippen molar-refractivity contribution in [2.24, 2.45) is 4.99 Å². The van der Waals surface area contributed by atoms with E-state index >= 15 is 0 Å². The molecule has 0 bridgehead atoms. The van der Waals surface area contributed by atoms with Crippen molar-refractivity contribution in [2.75, 3.05) is 7.11 Å². The second-order valence-corrected chi connectivity index (χ2v) is 3.28. The van der Waals surface area contributed by atoms with E-state index in [1.165, 1.54) is 13.2 Å². The quantitative estimate of drug-likeness (QED) is 0.607. The van der Waals surface area contributed by atoms with E-state index in [4.69, 9.17) is 4.74 Å². The zero-order valence-corrected chi connectivity index (χ0v) is 9.00. The smallest absolute Gasteiger partial charge is 0.235 e. The summed E-state index contributed by atoms with van der Waals surface area (Å²) in [6.45, 7) is 3.82. The maximum Gasteiger partial charge on any atom is 0.235 e. The van der Waals surface area contributed by atoms with Crippen molar-refractivity contribution < 1.29 is 14.6 Å². The number of aryl methyl sites for hydroxylation is 2. The molecule has 1 aromatic carbocycles. The molecule has 0 radical (unpaired) electrons. The SMILES string of the molecule is COc1c(C)cc(C)c(CN=C=O)c1O. The molecule has 4 nitrogen and oxygen atoms in total. The second kappa shape index (κ2) is 4.62. The molecule has 0 amide bonds. The van der Waals surface area contributed by atoms with Gasteiger partial charge in [-0.25, -0.2) is 9.79 Å². The topological polar surface area (TPSA) is 58.9 Å². The summed E-state index contributed by atoms with van der Waals surface area (Å²) in [5, 5.41) is 9.86. The standard InChI is InChI=1S/C11H13NO3/c1-7-4-8(2)11(15-3)10(14)9(7)5-12-6-13/h4,14H,5H2,1-3H3. The molecule has 4 heteroatoms. The summed E-state index contributed by atoms with van der Waals surface area (Å²) in [6, 6.07) is 1.88. The number of methoxy groups -OCH3 is 1. The Bertz CT molecular complexity index is 420. The normalized spacial score (nSPS) is 9.53. The van der Waals surface area contributed by atoms with Crippen LogP contribution in [0, 0.1) is 13.8 Å². The third kappa shape index (κ3) is 2.17. The van der Waals surface area contributed by atoms with Crippen LogP contribution in [0.3, 0.4) is 0 Å². The molecular formula is C11H13NO3. The summed E-state index contributed by atoms with van der Waals surface area (Å²) >= 11 is 0. The number of rotatable bonds is 3. The Morgan fingerprint density at radius 1 is 1.47 bits per heavy atom. The molecule has 1 N–H and O–H groups in total. The minimum absolute atomic E-state index is 0.0500. The Morgan fingerprint density at radius 2 is 2.13 bits per heavy atom. The van der Waals surface area contributed by atoms with Crippen LogP contribution in [0.1, 0.15) is 16.7 Å². The molecule has 0 aliphatic rings. The van der Waals surface area contributed by atoms with E-state index in [9.17, 15) is 9.90 Å². The molecule has 0 aliphatic carbocycles. The lowest BCUT2D eigenvalue weighted by Crippen LogP contribution is -1.95. The predicted octanol–water partition coefficient (Wildman–Crippen LogP) is 1.85. The largest absolute Gasteiger partial charge is 0.504 e. The lowest BCUT2D eigenvalue weighted by atomic mass is 10.0. The Balaban J connectivity index is 3.31. The van der Waals surface area contributed by atoms with Crippen molar-refractivity contribution in [3.8, 4) is 11.5 Å². The molecule has 0 aromatic heterocycles. The number of aromatic hydroxyl groups is 1. The first kappa shape index (κ1) is 11.3. The van der Waals surface area contributed by atoms with Crippen LogP contribution < -0.4 is 4.74 Å². The number of benzene rings is 1. The van der Waals surface area contributed by atoms with Gasteiger partial charge in [-0.1, -0.05) is 6.07 Å². The van der Waals surface area contributed by atoms with Crippen LogP contribution in [-0.2, 0) is 11.3 Å². The highest BCUT2D eigenvalue weighted by Gasteiger charge is 2.13. The Labute approximate surface area is 88.2 Å². The summed E-state index contributed by atoms with van der Waals surface area (Å²) < 4.78 is 5.06. The number of phenols is 1. The van der Waals surface area contributed by atoms with Crippen LogP contribution in [0.5, 0.6) is 11.5 Å². The highest BCUT2D eigenvalue weighted by atomic mass is 16.5. The molecule has 0 saturated heterocycles. The molecule has 0 unspecified atom stereocenters. The fraction of sp³-hybridized carbons (Fsp3) is 0.364. The van der Waals surface area contributed by atoms with Gasteiger partial charge in [-0.15, -0.1) is 0 Å². The van der Waals surface area contributed by atoms with E-state index in [-0.39, 0.29) is 12.3 Å². The second-order valence-electron chi connectivity index (χ2n) is 3.28. The fourth-order valence-electron chi connectivity index (χ4n) is 1.56. The summed E-state index contributed by atoms with van der Waals surface area (Å²) in [4.78, 5) is 13.5. The van der Waals surface area contributed by atoms with Gasteiger partial charge in [-0.2, -0.15) is 0 Å². The molecule has 0 spiro atoms. The number of hydrogen-bond acceptors (Lipinski definition) is 4. The van der Waals surface area contributed by atoms with Gasteiger partial charge in [0.25, 0.3) is 0 Å². The van der Waals surface area contributed by atoms with Gasteiger partial charge in [0.05, 0.1) is 13.7 Å². The van der Waals surface area contributed by atoms with Gasteiger partial charge in [0.2, 0.25) is 6.08 Å². The summed E-state index contributed by atoms with van der Waals surface area (Å²) in [7, 11) is 1.49. The molecular weight excluding hydrogens is 194 g/mol. The molecule has 0 fully saturated rings. The maximum absolute atomic E-state index is 10.0. The van der Waals surface area contributed by atoms with Gasteiger partial charge in [-0.05, 0) is 25.0 Å². The molecule has 1 rings (SSSR count). The molecule has 15 heavy (non-hydrogen) atoms. The zero-order chi connectivity index (χ0) is 11.4. The number of aliphatic imine (C=N–C) groups is 1. The number of hydrogen-bond donors (Lipinski definition) is 1. The van der Waals surface area contributed by atoms with Gasteiger partial charge in [-0.3, -0.25) is 0 Å². The highest BCUT2D eigenvalue weighted by molar-refractivity contribution is 5.54. The number of isocyanates is 1. The summed E-state index contributed by atoms with van der Waals surface area (Å²) in [6.07, 6.45) is 1.45. The van der Waals surface area contributed by atoms with Gasteiger partial charge < -0.3 is 9.84 Å². The maximum atomic E-state index is 10.0. The van der Waals surface area contributed by atoms with Crippen molar-refractivity contribution in [2.45, 2.75) is 20.4 Å². The third-order valence-electron chi connectivity index (χ3n) is 2.27. The van der Waals surface area contributed by atoms with Crippen LogP contribution in [0.25, 0.3) is 0 Å². The Morgan fingerprint density at radius 3 is 2.67 bits per heavy atom. The van der Waals surface area contributed by atoms with E-state index in [2.05, 4.69) is 4.99 Å². The molecule has 0 heterocycles. The summed E-state index contributed by atoms with van der Waals surface area (Å²) in [5.41, 5.74) is 2.33. The van der Waals surface area contributed by atoms with Gasteiger partial charge >= 0.3 is 0 Å². The fourth-order valence-corrected chi connectivity index (χ4v) is 1.56. The number of nitrogens with zero attached hydrogens (tertiary/aromatic N) is 1. The lowest BCUT2D eigenvalue weighted by molar-refractivity contribution is 0.368. The van der Waals surface area contributed by atoms with Crippen LogP contribution in [0.2, 0.25) is 0 Å². The molecule has 80 valence electrons. The zero-order valence-electron chi connectivity index (χ0n) is 9.00. The Hall–Kier alpha value is -1.80. The van der Waals surface area contributed by atoms with Gasteiger partial charge in [0.15, 0.2) is 11.5 Å². The van der Waals surface area contributed by atoms with Crippen LogP contribution in [0.4, 0.5) is 0 Å². The monoisotopic (exact) mass is 207 g/mol. The predicted molar refractivity (Wildman–Crippen MR) is 56.0 cm³/mol. The van der Waals surface area contributed by atoms with Gasteiger partial charge in [0.1, 0.15) is 0 Å². The summed E-state index contributed by atoms with van der Waals surface area (Å²) in [5.74, 6) is 0.477. The van der Waals surface area contributed by atoms with Crippen molar-refractivity contribution in [3.63, 3.8) is 0 Å². The van der Waals surface area contributed by atoms with Crippen molar-refractivity contribution in [3.05, 3.63) is 22.8 Å². The van der Waals surface area contributed by atoms with Crippen molar-refractivity contribution >= 4 is 6.08 Å². The first-order valence-electron chi connectivity index (χ1n) is 4.51. The highest BCUT2D eigenvalue weighted by Crippen LogP contribution is 2.35. The first-order valence-corrected chi connectivity index (χ1v) is 4.51. The number of ether oxygens (including phenoxy) is 1. The molecule has 0 atom stereocenters.